The molecule has 5 heteroatoms. The van der Waals surface area contributed by atoms with E-state index >= 15 is 0 Å². The van der Waals surface area contributed by atoms with Gasteiger partial charge in [-0.15, -0.1) is 0 Å². The third kappa shape index (κ3) is 4.97. The van der Waals surface area contributed by atoms with Gasteiger partial charge < -0.3 is 14.2 Å². The molecule has 2 aromatic carbocycles. The molecule has 2 aromatic rings. The van der Waals surface area contributed by atoms with E-state index in [1.807, 2.05) is 74.5 Å². The molecule has 0 unspecified atom stereocenters. The number of hydrogen-bond donors (Lipinski definition) is 0. The van der Waals surface area contributed by atoms with Crippen molar-refractivity contribution in [1.82, 2.24) is 0 Å². The van der Waals surface area contributed by atoms with Gasteiger partial charge in [-0.25, -0.2) is 0 Å². The second-order valence-corrected chi connectivity index (χ2v) is 7.03. The minimum absolute atomic E-state index is 0.0856. The van der Waals surface area contributed by atoms with Crippen molar-refractivity contribution in [1.29, 1.82) is 0 Å². The Kier molecular flexibility index (Phi) is 7.18. The van der Waals surface area contributed by atoms with E-state index in [0.717, 1.165) is 11.1 Å². The van der Waals surface area contributed by atoms with Crippen LogP contribution >= 0.6 is 0 Å². The average Bonchev–Trinajstić information content (AvgIpc) is 2.72. The molecule has 0 amide bonds. The van der Waals surface area contributed by atoms with Gasteiger partial charge in [-0.1, -0.05) is 74.5 Å². The van der Waals surface area contributed by atoms with Crippen LogP contribution in [0.3, 0.4) is 0 Å². The predicted octanol–water partition coefficient (Wildman–Crippen LogP) is 5.71. The fourth-order valence-corrected chi connectivity index (χ4v) is 3.52. The summed E-state index contributed by atoms with van der Waals surface area (Å²) < 4.78 is 45.0. The number of ether oxygens (including phenoxy) is 3. The SMILES string of the molecule is CC[C@H]1OC(=C(F)F)[C@H](OCc2ccccc2)[C@@H](OCc2ccccc2)[C@@H]1C. The van der Waals surface area contributed by atoms with Crippen molar-refractivity contribution < 1.29 is 23.0 Å². The molecule has 1 heterocycles. The molecular formula is C23H26F2O3. The Labute approximate surface area is 164 Å². The zero-order valence-electron chi connectivity index (χ0n) is 16.2. The second kappa shape index (κ2) is 9.80. The van der Waals surface area contributed by atoms with Crippen LogP contribution in [0.2, 0.25) is 0 Å². The maximum absolute atomic E-state index is 13.7. The van der Waals surface area contributed by atoms with Crippen molar-refractivity contribution in [3.8, 4) is 0 Å². The first-order valence-corrected chi connectivity index (χ1v) is 9.63. The van der Waals surface area contributed by atoms with Gasteiger partial charge in [-0.2, -0.15) is 8.78 Å². The van der Waals surface area contributed by atoms with Crippen molar-refractivity contribution in [3.05, 3.63) is 83.6 Å². The van der Waals surface area contributed by atoms with E-state index in [1.165, 1.54) is 0 Å². The quantitative estimate of drug-likeness (QED) is 0.608. The Morgan fingerprint density at radius 3 is 1.93 bits per heavy atom. The summed E-state index contributed by atoms with van der Waals surface area (Å²) in [7, 11) is 0. The Morgan fingerprint density at radius 1 is 0.893 bits per heavy atom. The Balaban J connectivity index is 1.81. The molecule has 0 aliphatic carbocycles. The Hall–Kier alpha value is -2.24. The van der Waals surface area contributed by atoms with Gasteiger partial charge >= 0.3 is 6.08 Å². The lowest BCUT2D eigenvalue weighted by atomic mass is 9.88. The van der Waals surface area contributed by atoms with Crippen LogP contribution in [-0.4, -0.2) is 18.3 Å². The van der Waals surface area contributed by atoms with E-state index in [0.29, 0.717) is 13.0 Å². The number of hydrogen-bond acceptors (Lipinski definition) is 3. The van der Waals surface area contributed by atoms with Crippen molar-refractivity contribution in [2.24, 2.45) is 5.92 Å². The van der Waals surface area contributed by atoms with E-state index in [2.05, 4.69) is 0 Å². The average molecular weight is 388 g/mol. The highest BCUT2D eigenvalue weighted by Gasteiger charge is 2.44. The number of rotatable bonds is 7. The molecule has 0 saturated carbocycles. The summed E-state index contributed by atoms with van der Waals surface area (Å²) in [4.78, 5) is 0. The molecule has 3 nitrogen and oxygen atoms in total. The van der Waals surface area contributed by atoms with Crippen LogP contribution in [0.5, 0.6) is 0 Å². The first-order chi connectivity index (χ1) is 13.6. The Bertz CT molecular complexity index is 760. The lowest BCUT2D eigenvalue weighted by Gasteiger charge is -2.42. The zero-order chi connectivity index (χ0) is 19.9. The topological polar surface area (TPSA) is 27.7 Å². The monoisotopic (exact) mass is 388 g/mol. The van der Waals surface area contributed by atoms with E-state index in [1.54, 1.807) is 0 Å². The van der Waals surface area contributed by atoms with Gasteiger partial charge in [0.2, 0.25) is 0 Å². The molecule has 150 valence electrons. The fraction of sp³-hybridized carbons (Fsp3) is 0.391. The van der Waals surface area contributed by atoms with Crippen LogP contribution in [0, 0.1) is 5.92 Å². The number of benzene rings is 2. The minimum Gasteiger partial charge on any atom is -0.486 e. The molecule has 28 heavy (non-hydrogen) atoms. The first-order valence-electron chi connectivity index (χ1n) is 9.63. The summed E-state index contributed by atoms with van der Waals surface area (Å²) in [6.07, 6.45) is -3.05. The van der Waals surface area contributed by atoms with Crippen LogP contribution in [-0.2, 0) is 27.4 Å². The van der Waals surface area contributed by atoms with Gasteiger partial charge in [0, 0.05) is 5.92 Å². The van der Waals surface area contributed by atoms with E-state index < -0.39 is 24.0 Å². The van der Waals surface area contributed by atoms with Crippen molar-refractivity contribution in [3.63, 3.8) is 0 Å². The van der Waals surface area contributed by atoms with Crippen molar-refractivity contribution >= 4 is 0 Å². The highest BCUT2D eigenvalue weighted by Crippen LogP contribution is 2.36. The van der Waals surface area contributed by atoms with Gasteiger partial charge in [-0.05, 0) is 17.5 Å². The molecule has 4 atom stereocenters. The van der Waals surface area contributed by atoms with Crippen LogP contribution in [0.15, 0.2) is 72.5 Å². The molecule has 1 saturated heterocycles. The fourth-order valence-electron chi connectivity index (χ4n) is 3.52. The van der Waals surface area contributed by atoms with Gasteiger partial charge in [0.25, 0.3) is 0 Å². The lowest BCUT2D eigenvalue weighted by Crippen LogP contribution is -2.49. The smallest absolute Gasteiger partial charge is 0.310 e. The largest absolute Gasteiger partial charge is 0.486 e. The summed E-state index contributed by atoms with van der Waals surface area (Å²) in [6.45, 7) is 4.43. The highest BCUT2D eigenvalue weighted by atomic mass is 19.3. The molecular weight excluding hydrogens is 362 g/mol. The lowest BCUT2D eigenvalue weighted by molar-refractivity contribution is -0.170. The highest BCUT2D eigenvalue weighted by molar-refractivity contribution is 5.16. The van der Waals surface area contributed by atoms with Gasteiger partial charge in [0.05, 0.1) is 19.3 Å². The third-order valence-corrected chi connectivity index (χ3v) is 5.09. The van der Waals surface area contributed by atoms with Crippen molar-refractivity contribution in [2.75, 3.05) is 0 Å². The molecule has 0 N–H and O–H groups in total. The maximum atomic E-state index is 13.7. The van der Waals surface area contributed by atoms with Crippen molar-refractivity contribution in [2.45, 2.75) is 51.8 Å². The molecule has 3 rings (SSSR count). The van der Waals surface area contributed by atoms with Crippen LogP contribution in [0.4, 0.5) is 8.78 Å². The van der Waals surface area contributed by atoms with Crippen LogP contribution in [0.1, 0.15) is 31.4 Å². The summed E-state index contributed by atoms with van der Waals surface area (Å²) in [5, 5.41) is 0. The molecule has 0 aromatic heterocycles. The molecule has 0 spiro atoms. The molecule has 1 fully saturated rings. The number of halogens is 2. The summed E-state index contributed by atoms with van der Waals surface area (Å²) in [6, 6.07) is 19.2. The van der Waals surface area contributed by atoms with Gasteiger partial charge in [-0.3, -0.25) is 0 Å². The predicted molar refractivity (Wildman–Crippen MR) is 104 cm³/mol. The standard InChI is InChI=1S/C23H26F2O3/c1-3-19-16(2)20(26-14-17-10-6-4-7-11-17)21(22(28-19)23(24)25)27-15-18-12-8-5-9-13-18/h4-13,16,19-21H,3,14-15H2,1-2H3/t16-,19-,20+,21-/m1/s1. The molecule has 1 aliphatic rings. The molecule has 0 radical (unpaired) electrons. The minimum atomic E-state index is -1.85. The van der Waals surface area contributed by atoms with E-state index in [4.69, 9.17) is 14.2 Å². The zero-order valence-corrected chi connectivity index (χ0v) is 16.2. The summed E-state index contributed by atoms with van der Waals surface area (Å²) >= 11 is 0. The van der Waals surface area contributed by atoms with Crippen LogP contribution in [0.25, 0.3) is 0 Å². The first kappa shape index (κ1) is 20.5. The van der Waals surface area contributed by atoms with Gasteiger partial charge in [0.15, 0.2) is 5.76 Å². The maximum Gasteiger partial charge on any atom is 0.310 e. The van der Waals surface area contributed by atoms with E-state index in [9.17, 15) is 8.78 Å². The molecule has 0 bridgehead atoms. The van der Waals surface area contributed by atoms with E-state index in [-0.39, 0.29) is 18.6 Å². The van der Waals surface area contributed by atoms with Crippen LogP contribution < -0.4 is 0 Å². The third-order valence-electron chi connectivity index (χ3n) is 5.09. The Morgan fingerprint density at radius 2 is 1.43 bits per heavy atom. The van der Waals surface area contributed by atoms with Gasteiger partial charge in [0.1, 0.15) is 12.2 Å². The molecule has 1 aliphatic heterocycles. The summed E-state index contributed by atoms with van der Waals surface area (Å²) in [5.41, 5.74) is 1.90. The summed E-state index contributed by atoms with van der Waals surface area (Å²) in [5.74, 6) is -0.489. The second-order valence-electron chi connectivity index (χ2n) is 7.03. The normalized spacial score (nSPS) is 24.6.